The van der Waals surface area contributed by atoms with Gasteiger partial charge in [0.1, 0.15) is 6.54 Å². The van der Waals surface area contributed by atoms with E-state index in [1.54, 1.807) is 0 Å². The normalized spacial score (nSPS) is 32.8. The maximum absolute atomic E-state index is 13.1. The van der Waals surface area contributed by atoms with Crippen LogP contribution in [-0.2, 0) is 49.7 Å². The molecule has 2 aromatic rings. The Hall–Kier alpha value is -4.35. The van der Waals surface area contributed by atoms with Crippen molar-refractivity contribution in [3.05, 3.63) is 106 Å². The first-order valence-electron chi connectivity index (χ1n) is 28.1. The number of rotatable bonds is 19. The number of alkyl carbamates (subject to hydrolysis) is 1. The minimum atomic E-state index is -4.01. The molecule has 2 amide bonds. The minimum Gasteiger partial charge on any atom is -0.419 e. The van der Waals surface area contributed by atoms with E-state index in [0.29, 0.717) is 45.3 Å². The molecular formula is C60H80ClN4O10S+. The third-order valence-electron chi connectivity index (χ3n) is 18.8. The molecule has 2 aromatic carbocycles. The van der Waals surface area contributed by atoms with Gasteiger partial charge in [-0.1, -0.05) is 87.8 Å². The highest BCUT2D eigenvalue weighted by Gasteiger charge is 2.85. The molecule has 0 aromatic heterocycles. The number of benzene rings is 2. The Morgan fingerprint density at radius 3 is 2.43 bits per heavy atom. The number of hydrogen-bond donors (Lipinski definition) is 3. The van der Waals surface area contributed by atoms with Gasteiger partial charge in [-0.05, 0) is 132 Å². The van der Waals surface area contributed by atoms with Gasteiger partial charge in [-0.2, -0.15) is 13.0 Å². The molecule has 9 aliphatic rings. The topological polar surface area (TPSA) is 165 Å². The van der Waals surface area contributed by atoms with Crippen LogP contribution in [0.25, 0.3) is 0 Å². The van der Waals surface area contributed by atoms with Crippen LogP contribution in [0.4, 0.5) is 16.2 Å². The zero-order valence-corrected chi connectivity index (χ0v) is 47.3. The number of nitrogens with zero attached hydrogens (tertiary/aromatic N) is 2. The Kier molecular flexibility index (Phi) is 15.2. The van der Waals surface area contributed by atoms with Gasteiger partial charge in [-0.15, -0.1) is 0 Å². The number of carbonyl (C=O) groups excluding carboxylic acids is 2. The molecule has 6 fully saturated rings. The number of para-hydroxylation sites is 2. The molecular weight excluding hydrogens is 1000 g/mol. The van der Waals surface area contributed by atoms with Crippen molar-refractivity contribution in [2.45, 2.75) is 180 Å². The fraction of sp³-hybridized carbons (Fsp3) is 0.617. The summed E-state index contributed by atoms with van der Waals surface area (Å²) in [6.07, 6.45) is 18.9. The molecule has 3 N–H and O–H groups in total. The quantitative estimate of drug-likeness (QED) is 0.0531. The molecule has 2 bridgehead atoms. The van der Waals surface area contributed by atoms with Crippen molar-refractivity contribution < 1.29 is 51.1 Å². The van der Waals surface area contributed by atoms with E-state index < -0.39 is 40.2 Å². The van der Waals surface area contributed by atoms with Crippen molar-refractivity contribution >= 4 is 50.8 Å². The molecule has 11 rings (SSSR count). The number of halogens is 1. The lowest BCUT2D eigenvalue weighted by molar-refractivity contribution is -0.577. The number of unbranched alkanes of at least 4 members (excludes halogenated alkanes) is 3. The van der Waals surface area contributed by atoms with Crippen molar-refractivity contribution in [1.82, 2.24) is 10.6 Å². The van der Waals surface area contributed by atoms with E-state index >= 15 is 0 Å². The van der Waals surface area contributed by atoms with Gasteiger partial charge >= 0.3 is 6.09 Å². The second-order valence-electron chi connectivity index (χ2n) is 24.5. The van der Waals surface area contributed by atoms with E-state index in [9.17, 15) is 22.6 Å². The molecule has 8 atom stereocenters. The molecule has 3 aliphatic carbocycles. The summed E-state index contributed by atoms with van der Waals surface area (Å²) in [6, 6.07) is 17.0. The fourth-order valence-corrected chi connectivity index (χ4v) is 15.4. The van der Waals surface area contributed by atoms with E-state index in [1.807, 2.05) is 13.0 Å². The summed E-state index contributed by atoms with van der Waals surface area (Å²) in [6.45, 7) is 17.6. The zero-order valence-electron chi connectivity index (χ0n) is 45.7. The van der Waals surface area contributed by atoms with Crippen molar-refractivity contribution in [2.75, 3.05) is 36.8 Å². The minimum absolute atomic E-state index is 0.00349. The van der Waals surface area contributed by atoms with Gasteiger partial charge < -0.3 is 29.7 Å². The fourth-order valence-electron chi connectivity index (χ4n) is 14.5. The lowest BCUT2D eigenvalue weighted by atomic mass is 9.58. The molecule has 6 heterocycles. The van der Waals surface area contributed by atoms with E-state index in [1.165, 1.54) is 22.5 Å². The summed E-state index contributed by atoms with van der Waals surface area (Å²) in [7, 11) is -4.01. The van der Waals surface area contributed by atoms with Gasteiger partial charge in [0.25, 0.3) is 10.1 Å². The van der Waals surface area contributed by atoms with E-state index in [-0.39, 0.29) is 45.2 Å². The van der Waals surface area contributed by atoms with Crippen LogP contribution < -0.4 is 15.5 Å². The number of nitrogens with one attached hydrogen (secondary N) is 2. The Bertz CT molecular complexity index is 2880. The molecule has 2 saturated carbocycles. The molecule has 6 aliphatic heterocycles. The largest absolute Gasteiger partial charge is 0.419 e. The first-order valence-corrected chi connectivity index (χ1v) is 30.1. The highest BCUT2D eigenvalue weighted by Crippen LogP contribution is 2.82. The second kappa shape index (κ2) is 21.0. The molecule has 412 valence electrons. The average Bonchev–Trinajstić information content (AvgIpc) is 3.49. The third-order valence-corrected chi connectivity index (χ3v) is 20.1. The predicted octanol–water partition coefficient (Wildman–Crippen LogP) is 11.7. The molecule has 0 radical (unpaired) electrons. The summed E-state index contributed by atoms with van der Waals surface area (Å²) in [5.41, 5.74) is 8.27. The molecule has 1 unspecified atom stereocenters. The van der Waals surface area contributed by atoms with E-state index in [2.05, 4.69) is 128 Å². The summed E-state index contributed by atoms with van der Waals surface area (Å²) < 4.78 is 53.5. The van der Waals surface area contributed by atoms with Crippen molar-refractivity contribution in [1.29, 1.82) is 0 Å². The van der Waals surface area contributed by atoms with Gasteiger partial charge in [-0.25, -0.2) is 14.6 Å². The number of hydrogen-bond acceptors (Lipinski definition) is 10. The molecule has 2 spiro atoms. The summed E-state index contributed by atoms with van der Waals surface area (Å²) >= 11 is 7.30. The number of ether oxygens (including phenoxy) is 3. The van der Waals surface area contributed by atoms with Crippen LogP contribution in [0.3, 0.4) is 0 Å². The first kappa shape index (κ1) is 55.0. The van der Waals surface area contributed by atoms with Crippen LogP contribution in [0.5, 0.6) is 0 Å². The number of anilines is 1. The zero-order chi connectivity index (χ0) is 53.9. The molecule has 16 heteroatoms. The lowest BCUT2D eigenvalue weighted by Crippen LogP contribution is -2.71. The van der Waals surface area contributed by atoms with Gasteiger partial charge in [0.15, 0.2) is 17.6 Å². The maximum Gasteiger partial charge on any atom is 0.409 e. The monoisotopic (exact) mass is 1080 g/mol. The van der Waals surface area contributed by atoms with Crippen molar-refractivity contribution in [3.63, 3.8) is 0 Å². The summed E-state index contributed by atoms with van der Waals surface area (Å²) in [5.74, 6) is -1.20. The summed E-state index contributed by atoms with van der Waals surface area (Å²) in [5, 5.41) is 6.67. The van der Waals surface area contributed by atoms with Crippen molar-refractivity contribution in [2.24, 2.45) is 22.7 Å². The Balaban J connectivity index is 0.703. The predicted molar refractivity (Wildman–Crippen MR) is 294 cm³/mol. The number of allylic oxidation sites excluding steroid dienone is 8. The van der Waals surface area contributed by atoms with Gasteiger partial charge in [0.2, 0.25) is 23.7 Å². The number of carbonyl (C=O) groups is 2. The Labute approximate surface area is 455 Å². The van der Waals surface area contributed by atoms with Crippen LogP contribution in [0.1, 0.15) is 156 Å². The number of amides is 2. The first-order chi connectivity index (χ1) is 36.1. The summed E-state index contributed by atoms with van der Waals surface area (Å²) in [4.78, 5) is 40.6. The highest BCUT2D eigenvalue weighted by molar-refractivity contribution is 7.85. The standard InChI is InChI=1S/C60H79ClN4O10S/c1-40-43-30-31-57(6)39-59(57)33-32-58(7)73-53(60(43,59)75-74-58)71-52(40)72-54(67)63-35-18-34-62-50(66)25-9-8-14-36-64-46-23-12-10-21-44(46)55(2,3)48(64)28-26-41-19-17-20-42(51(41)61)27-29-49-56(4,5)45-22-11-13-24-47(45)65(49)37-15-16-38-76(68,69)70/h10-13,21-24,26-29,40,43,52-53H,8-9,14-20,25,30-39H2,1-7H3,(H2-,62,63,66,67,68,69,70)/p+1/t40-,43+,52?,53-,57-,58-,59-,60-/m1/s1. The van der Waals surface area contributed by atoms with Crippen molar-refractivity contribution in [3.8, 4) is 0 Å². The SMILES string of the molecule is C[C@H]1C(OC(=O)NCCCNC(=O)CCCCC[N+]2=C(C=CC3=C(Cl)C(=CC=C4N(CCCCS(=O)(=O)O)c5ccccc5C4(C)C)CCC3)C(C)(C)c3ccccc32)O[C@@H]2O[C@@]3(C)CC[C@@]45C[C@@]4(C)CC[C@@H]1[C@@]25OO3. The smallest absolute Gasteiger partial charge is 0.409 e. The van der Waals surface area contributed by atoms with E-state index in [4.69, 9.17) is 35.6 Å². The van der Waals surface area contributed by atoms with E-state index in [0.717, 1.165) is 105 Å². The van der Waals surface area contributed by atoms with Crippen LogP contribution in [-0.4, -0.2) is 91.2 Å². The Morgan fingerprint density at radius 2 is 1.63 bits per heavy atom. The Morgan fingerprint density at radius 1 is 0.868 bits per heavy atom. The lowest BCUT2D eigenvalue weighted by Gasteiger charge is -2.60. The van der Waals surface area contributed by atoms with Gasteiger partial charge in [0.05, 0.1) is 11.2 Å². The van der Waals surface area contributed by atoms with Crippen LogP contribution in [0, 0.1) is 22.7 Å². The highest BCUT2D eigenvalue weighted by atomic mass is 35.5. The average molecular weight is 1080 g/mol. The van der Waals surface area contributed by atoms with Crippen LogP contribution in [0.2, 0.25) is 0 Å². The molecule has 76 heavy (non-hydrogen) atoms. The van der Waals surface area contributed by atoms with Gasteiger partial charge in [0, 0.05) is 95.7 Å². The third kappa shape index (κ3) is 10.1. The van der Waals surface area contributed by atoms with Crippen LogP contribution in [0.15, 0.2) is 94.7 Å². The number of fused-ring (bicyclic) bond motifs is 4. The second-order valence-corrected chi connectivity index (χ2v) is 26.4. The maximum atomic E-state index is 13.1. The molecule has 14 nitrogen and oxygen atoms in total. The molecule has 4 saturated heterocycles. The van der Waals surface area contributed by atoms with Crippen LogP contribution >= 0.6 is 11.6 Å². The van der Waals surface area contributed by atoms with Gasteiger partial charge in [-0.3, -0.25) is 9.35 Å².